The van der Waals surface area contributed by atoms with Gasteiger partial charge in [0.1, 0.15) is 23.6 Å². The van der Waals surface area contributed by atoms with E-state index in [0.717, 1.165) is 55.5 Å². The van der Waals surface area contributed by atoms with E-state index in [1.54, 1.807) is 32.8 Å². The number of ether oxygens (including phenoxy) is 1. The zero-order chi connectivity index (χ0) is 33.1. The van der Waals surface area contributed by atoms with Crippen molar-refractivity contribution in [3.63, 3.8) is 0 Å². The van der Waals surface area contributed by atoms with Crippen LogP contribution in [0.2, 0.25) is 0 Å². The Bertz CT molecular complexity index is 1820. The van der Waals surface area contributed by atoms with Crippen LogP contribution in [0.25, 0.3) is 5.69 Å². The van der Waals surface area contributed by atoms with E-state index in [0.29, 0.717) is 13.2 Å². The molecule has 3 aromatic carbocycles. The highest BCUT2D eigenvalue weighted by Crippen LogP contribution is 2.47. The zero-order valence-electron chi connectivity index (χ0n) is 27.8. The molecule has 7 rings (SSSR count). The largest absolute Gasteiger partial charge is 0.492 e. The van der Waals surface area contributed by atoms with E-state index in [1.165, 1.54) is 11.3 Å². The number of piperazine rings is 1. The molecule has 11 nitrogen and oxygen atoms in total. The van der Waals surface area contributed by atoms with Crippen LogP contribution in [0.5, 0.6) is 5.75 Å². The average Bonchev–Trinajstić information content (AvgIpc) is 3.88. The van der Waals surface area contributed by atoms with E-state index < -0.39 is 0 Å². The van der Waals surface area contributed by atoms with Crippen LogP contribution in [0.1, 0.15) is 31.9 Å². The third-order valence-electron chi connectivity index (χ3n) is 9.80. The Hall–Kier alpha value is -4.55. The monoisotopic (exact) mass is 665 g/mol. The van der Waals surface area contributed by atoms with Gasteiger partial charge in [-0.15, -0.1) is 11.8 Å². The van der Waals surface area contributed by atoms with Gasteiger partial charge in [-0.25, -0.2) is 14.0 Å². The molecule has 2 aromatic heterocycles. The highest BCUT2D eigenvalue weighted by molar-refractivity contribution is 8.00. The molecule has 0 N–H and O–H groups in total. The molecule has 48 heavy (non-hydrogen) atoms. The first-order chi connectivity index (χ1) is 23.4. The maximum atomic E-state index is 12.8. The fourth-order valence-electron chi connectivity index (χ4n) is 6.61. The summed E-state index contributed by atoms with van der Waals surface area (Å²) < 4.78 is 9.53. The molecular formula is C36H43N9O2S. The Morgan fingerprint density at radius 3 is 2.08 bits per heavy atom. The van der Waals surface area contributed by atoms with Crippen LogP contribution < -0.4 is 20.2 Å². The van der Waals surface area contributed by atoms with Crippen LogP contribution in [0, 0.1) is 0 Å². The lowest BCUT2D eigenvalue weighted by Gasteiger charge is -2.37. The van der Waals surface area contributed by atoms with Crippen LogP contribution >= 0.6 is 11.8 Å². The van der Waals surface area contributed by atoms with E-state index in [4.69, 9.17) is 4.74 Å². The first-order valence-corrected chi connectivity index (χ1v) is 17.7. The summed E-state index contributed by atoms with van der Waals surface area (Å²) in [6, 6.07) is 27.7. The van der Waals surface area contributed by atoms with Gasteiger partial charge in [-0.1, -0.05) is 37.3 Å². The fourth-order valence-corrected chi connectivity index (χ4v) is 8.26. The minimum atomic E-state index is -0.265. The van der Waals surface area contributed by atoms with Gasteiger partial charge in [0.15, 0.2) is 0 Å². The predicted octanol–water partition coefficient (Wildman–Crippen LogP) is 4.90. The summed E-state index contributed by atoms with van der Waals surface area (Å²) in [5, 5.41) is 13.1. The summed E-state index contributed by atoms with van der Waals surface area (Å²) in [5.74, 6) is 1.84. The van der Waals surface area contributed by atoms with Crippen molar-refractivity contribution in [2.45, 2.75) is 43.8 Å². The number of nitrogens with zero attached hydrogens (tertiary/aromatic N) is 9. The Kier molecular flexibility index (Phi) is 9.27. The van der Waals surface area contributed by atoms with Crippen molar-refractivity contribution in [3.8, 4) is 11.4 Å². The van der Waals surface area contributed by atoms with E-state index in [9.17, 15) is 4.79 Å². The SMILES string of the molecule is CCC(C)n1ncn(-c2ccc(N3CCN(c4ccc(OC[C@@H]5CS[C@@](Cn6nccn6)(c6ccccc6)N5C)cc4)CC3)cc2)c1=O. The second kappa shape index (κ2) is 13.9. The zero-order valence-corrected chi connectivity index (χ0v) is 28.6. The molecule has 0 aliphatic carbocycles. The molecule has 0 bridgehead atoms. The van der Waals surface area contributed by atoms with Crippen molar-refractivity contribution in [2.24, 2.45) is 0 Å². The number of thioether (sulfide) groups is 1. The van der Waals surface area contributed by atoms with Crippen molar-refractivity contribution in [2.75, 3.05) is 55.4 Å². The molecule has 0 radical (unpaired) electrons. The van der Waals surface area contributed by atoms with Crippen LogP contribution in [0.3, 0.4) is 0 Å². The van der Waals surface area contributed by atoms with Gasteiger partial charge in [0.05, 0.1) is 36.7 Å². The van der Waals surface area contributed by atoms with Gasteiger partial charge in [-0.3, -0.25) is 4.90 Å². The van der Waals surface area contributed by atoms with Crippen LogP contribution in [0.4, 0.5) is 11.4 Å². The maximum absolute atomic E-state index is 12.8. The molecule has 1 unspecified atom stereocenters. The Labute approximate surface area is 285 Å². The van der Waals surface area contributed by atoms with Crippen molar-refractivity contribution in [1.82, 2.24) is 34.2 Å². The third kappa shape index (κ3) is 6.34. The fraction of sp³-hybridized carbons (Fsp3) is 0.389. The highest BCUT2D eigenvalue weighted by Gasteiger charge is 2.47. The molecule has 0 saturated carbocycles. The summed E-state index contributed by atoms with van der Waals surface area (Å²) in [7, 11) is 2.19. The molecular weight excluding hydrogens is 623 g/mol. The molecule has 0 spiro atoms. The maximum Gasteiger partial charge on any atom is 0.350 e. The first kappa shape index (κ1) is 32.0. The summed E-state index contributed by atoms with van der Waals surface area (Å²) >= 11 is 1.93. The minimum absolute atomic E-state index is 0.0781. The summed E-state index contributed by atoms with van der Waals surface area (Å²) in [6.07, 6.45) is 5.95. The van der Waals surface area contributed by atoms with Crippen molar-refractivity contribution in [1.29, 1.82) is 0 Å². The van der Waals surface area contributed by atoms with Gasteiger partial charge in [0, 0.05) is 43.3 Å². The molecule has 2 fully saturated rings. The van der Waals surface area contributed by atoms with Crippen molar-refractivity contribution < 1.29 is 4.74 Å². The molecule has 4 heterocycles. The average molecular weight is 666 g/mol. The molecule has 3 atom stereocenters. The van der Waals surface area contributed by atoms with Crippen LogP contribution in [-0.4, -0.2) is 85.9 Å². The van der Waals surface area contributed by atoms with Crippen LogP contribution in [0.15, 0.2) is 102 Å². The van der Waals surface area contributed by atoms with Crippen molar-refractivity contribution >= 4 is 23.1 Å². The molecule has 2 aliphatic rings. The number of hydrogen-bond donors (Lipinski definition) is 0. The second-order valence-corrected chi connectivity index (χ2v) is 13.9. The third-order valence-corrected chi connectivity index (χ3v) is 11.5. The lowest BCUT2D eigenvalue weighted by molar-refractivity contribution is 0.112. The lowest BCUT2D eigenvalue weighted by Crippen LogP contribution is -2.46. The second-order valence-electron chi connectivity index (χ2n) is 12.6. The smallest absolute Gasteiger partial charge is 0.350 e. The molecule has 12 heteroatoms. The minimum Gasteiger partial charge on any atom is -0.492 e. The molecule has 2 saturated heterocycles. The normalized spacial score (nSPS) is 20.7. The van der Waals surface area contributed by atoms with Gasteiger partial charge in [0.25, 0.3) is 0 Å². The quantitative estimate of drug-likeness (QED) is 0.196. The molecule has 250 valence electrons. The van der Waals surface area contributed by atoms with Gasteiger partial charge in [-0.05, 0) is 74.5 Å². The summed E-state index contributed by atoms with van der Waals surface area (Å²) in [4.78, 5) is 21.6. The number of anilines is 2. The Morgan fingerprint density at radius 2 is 1.46 bits per heavy atom. The molecule has 2 aliphatic heterocycles. The van der Waals surface area contributed by atoms with E-state index in [1.807, 2.05) is 30.8 Å². The van der Waals surface area contributed by atoms with Gasteiger partial charge in [-0.2, -0.15) is 20.1 Å². The van der Waals surface area contributed by atoms with Gasteiger partial charge >= 0.3 is 5.69 Å². The summed E-state index contributed by atoms with van der Waals surface area (Å²) in [6.45, 7) is 9.05. The lowest BCUT2D eigenvalue weighted by atomic mass is 10.0. The van der Waals surface area contributed by atoms with E-state index >= 15 is 0 Å². The van der Waals surface area contributed by atoms with E-state index in [2.05, 4.69) is 111 Å². The topological polar surface area (TPSA) is 89.5 Å². The number of likely N-dealkylation sites (N-methyl/N-ethyl adjacent to an activating group) is 1. The number of hydrogen-bond acceptors (Lipinski definition) is 9. The number of aromatic nitrogens is 6. The first-order valence-electron chi connectivity index (χ1n) is 16.7. The number of benzene rings is 3. The number of rotatable bonds is 11. The Morgan fingerprint density at radius 1 is 0.854 bits per heavy atom. The Balaban J connectivity index is 0.929. The standard InChI is InChI=1S/C36H43N9O2S/c1-4-28(2)45-35(46)43(27-39-45)32-12-10-30(11-13-32)41-20-22-42(23-21-41)31-14-16-34(17-15-31)47-24-33-25-48-36(40(33)3,26-44-37-18-19-38-44)29-8-6-5-7-9-29/h5-19,27-28,33H,4,20-26H2,1-3H3/t28?,33-,36+/m1/s1. The molecule has 5 aromatic rings. The summed E-state index contributed by atoms with van der Waals surface area (Å²) in [5.41, 5.74) is 4.35. The van der Waals surface area contributed by atoms with Gasteiger partial charge in [0.2, 0.25) is 0 Å². The van der Waals surface area contributed by atoms with Crippen molar-refractivity contribution in [3.05, 3.63) is 114 Å². The van der Waals surface area contributed by atoms with E-state index in [-0.39, 0.29) is 22.6 Å². The van der Waals surface area contributed by atoms with Crippen LogP contribution in [-0.2, 0) is 11.4 Å². The highest BCUT2D eigenvalue weighted by atomic mass is 32.2. The molecule has 0 amide bonds. The predicted molar refractivity (Wildman–Crippen MR) is 191 cm³/mol. The van der Waals surface area contributed by atoms with Gasteiger partial charge < -0.3 is 14.5 Å².